The molecule has 0 saturated carbocycles. The maximum atomic E-state index is 5.55. The van der Waals surface area contributed by atoms with E-state index in [4.69, 9.17) is 9.15 Å². The topological polar surface area (TPSA) is 37.6 Å². The van der Waals surface area contributed by atoms with E-state index < -0.39 is 0 Å². The number of furan rings is 1. The first-order valence-electron chi connectivity index (χ1n) is 6.67. The molecule has 0 bridgehead atoms. The zero-order chi connectivity index (χ0) is 13.4. The van der Waals surface area contributed by atoms with Gasteiger partial charge in [-0.3, -0.25) is 4.90 Å². The maximum Gasteiger partial charge on any atom is 0.118 e. The van der Waals surface area contributed by atoms with Crippen molar-refractivity contribution in [2.75, 3.05) is 26.8 Å². The predicted octanol–water partition coefficient (Wildman–Crippen LogP) is 2.25. The van der Waals surface area contributed by atoms with E-state index >= 15 is 0 Å². The van der Waals surface area contributed by atoms with E-state index in [0.717, 1.165) is 38.6 Å². The SMILES string of the molecule is CCOCCN(C)Cc1cc(CNC(C)C)co1. The third-order valence-corrected chi connectivity index (χ3v) is 2.67. The Bertz CT molecular complexity index is 323. The van der Waals surface area contributed by atoms with Gasteiger partial charge in [0.1, 0.15) is 5.76 Å². The van der Waals surface area contributed by atoms with Crippen molar-refractivity contribution in [2.45, 2.75) is 39.9 Å². The van der Waals surface area contributed by atoms with E-state index in [1.165, 1.54) is 5.56 Å². The molecular weight excluding hydrogens is 228 g/mol. The Morgan fingerprint density at radius 3 is 2.89 bits per heavy atom. The van der Waals surface area contributed by atoms with Crippen LogP contribution in [-0.2, 0) is 17.8 Å². The molecule has 0 unspecified atom stereocenters. The largest absolute Gasteiger partial charge is 0.468 e. The zero-order valence-electron chi connectivity index (χ0n) is 12.0. The molecule has 0 fully saturated rings. The van der Waals surface area contributed by atoms with Crippen LogP contribution >= 0.6 is 0 Å². The molecule has 1 rings (SSSR count). The molecule has 1 aromatic rings. The van der Waals surface area contributed by atoms with Crippen LogP contribution in [0.1, 0.15) is 32.1 Å². The van der Waals surface area contributed by atoms with Crippen molar-refractivity contribution in [3.05, 3.63) is 23.7 Å². The van der Waals surface area contributed by atoms with Crippen LogP contribution in [0.5, 0.6) is 0 Å². The van der Waals surface area contributed by atoms with Gasteiger partial charge in [0, 0.05) is 31.3 Å². The Labute approximate surface area is 110 Å². The molecule has 4 nitrogen and oxygen atoms in total. The summed E-state index contributed by atoms with van der Waals surface area (Å²) in [6.07, 6.45) is 1.83. The van der Waals surface area contributed by atoms with Gasteiger partial charge in [-0.2, -0.15) is 0 Å². The number of hydrogen-bond acceptors (Lipinski definition) is 4. The highest BCUT2D eigenvalue weighted by Gasteiger charge is 2.05. The maximum absolute atomic E-state index is 5.55. The van der Waals surface area contributed by atoms with E-state index in [-0.39, 0.29) is 0 Å². The Balaban J connectivity index is 2.29. The lowest BCUT2D eigenvalue weighted by Gasteiger charge is -2.14. The molecule has 0 atom stereocenters. The second-order valence-electron chi connectivity index (χ2n) is 4.89. The number of rotatable bonds is 9. The molecule has 104 valence electrons. The third kappa shape index (κ3) is 6.19. The summed E-state index contributed by atoms with van der Waals surface area (Å²) >= 11 is 0. The number of nitrogens with zero attached hydrogens (tertiary/aromatic N) is 1. The lowest BCUT2D eigenvalue weighted by Crippen LogP contribution is -2.22. The minimum absolute atomic E-state index is 0.497. The first kappa shape index (κ1) is 15.2. The van der Waals surface area contributed by atoms with E-state index in [9.17, 15) is 0 Å². The smallest absolute Gasteiger partial charge is 0.118 e. The van der Waals surface area contributed by atoms with Crippen molar-refractivity contribution >= 4 is 0 Å². The van der Waals surface area contributed by atoms with Gasteiger partial charge in [0.25, 0.3) is 0 Å². The van der Waals surface area contributed by atoms with Crippen LogP contribution < -0.4 is 5.32 Å². The summed E-state index contributed by atoms with van der Waals surface area (Å²) in [5.74, 6) is 1.01. The molecule has 4 heteroatoms. The van der Waals surface area contributed by atoms with Crippen LogP contribution in [0.2, 0.25) is 0 Å². The van der Waals surface area contributed by atoms with Crippen LogP contribution in [0.4, 0.5) is 0 Å². The lowest BCUT2D eigenvalue weighted by molar-refractivity contribution is 0.118. The second-order valence-corrected chi connectivity index (χ2v) is 4.89. The average molecular weight is 254 g/mol. The molecule has 0 aliphatic rings. The Hall–Kier alpha value is -0.840. The number of nitrogens with one attached hydrogen (secondary N) is 1. The van der Waals surface area contributed by atoms with Crippen molar-refractivity contribution in [1.29, 1.82) is 0 Å². The molecule has 0 spiro atoms. The highest BCUT2D eigenvalue weighted by atomic mass is 16.5. The van der Waals surface area contributed by atoms with E-state index in [2.05, 4.69) is 37.2 Å². The summed E-state index contributed by atoms with van der Waals surface area (Å²) < 4.78 is 10.9. The average Bonchev–Trinajstić information content (AvgIpc) is 2.74. The molecule has 1 aromatic heterocycles. The van der Waals surface area contributed by atoms with Crippen molar-refractivity contribution in [3.63, 3.8) is 0 Å². The first-order chi connectivity index (χ1) is 8.61. The van der Waals surface area contributed by atoms with Crippen molar-refractivity contribution in [3.8, 4) is 0 Å². The zero-order valence-corrected chi connectivity index (χ0v) is 12.0. The summed E-state index contributed by atoms with van der Waals surface area (Å²) in [5.41, 5.74) is 1.21. The van der Waals surface area contributed by atoms with Gasteiger partial charge in [-0.1, -0.05) is 13.8 Å². The molecule has 0 aromatic carbocycles. The van der Waals surface area contributed by atoms with Gasteiger partial charge >= 0.3 is 0 Å². The molecule has 18 heavy (non-hydrogen) atoms. The van der Waals surface area contributed by atoms with E-state index in [0.29, 0.717) is 6.04 Å². The molecule has 1 N–H and O–H groups in total. The van der Waals surface area contributed by atoms with Crippen LogP contribution in [0.25, 0.3) is 0 Å². The van der Waals surface area contributed by atoms with Gasteiger partial charge < -0.3 is 14.5 Å². The molecular formula is C14H26N2O2. The standard InChI is InChI=1S/C14H26N2O2/c1-5-17-7-6-16(4)10-14-8-13(11-18-14)9-15-12(2)3/h8,11-12,15H,5-7,9-10H2,1-4H3. The van der Waals surface area contributed by atoms with Crippen LogP contribution in [0.3, 0.4) is 0 Å². The van der Waals surface area contributed by atoms with E-state index in [1.807, 2.05) is 13.2 Å². The Morgan fingerprint density at radius 1 is 1.44 bits per heavy atom. The van der Waals surface area contributed by atoms with Crippen molar-refractivity contribution in [2.24, 2.45) is 0 Å². The van der Waals surface area contributed by atoms with Gasteiger partial charge in [-0.25, -0.2) is 0 Å². The summed E-state index contributed by atoms with van der Waals surface area (Å²) in [7, 11) is 2.08. The third-order valence-electron chi connectivity index (χ3n) is 2.67. The predicted molar refractivity (Wildman–Crippen MR) is 73.5 cm³/mol. The summed E-state index contributed by atoms with van der Waals surface area (Å²) in [5, 5.41) is 3.38. The van der Waals surface area contributed by atoms with Crippen molar-refractivity contribution in [1.82, 2.24) is 10.2 Å². The fourth-order valence-corrected chi connectivity index (χ4v) is 1.63. The Morgan fingerprint density at radius 2 is 2.22 bits per heavy atom. The van der Waals surface area contributed by atoms with Crippen LogP contribution in [0.15, 0.2) is 16.7 Å². The van der Waals surface area contributed by atoms with E-state index in [1.54, 1.807) is 0 Å². The monoisotopic (exact) mass is 254 g/mol. The molecule has 0 saturated heterocycles. The minimum atomic E-state index is 0.497. The first-order valence-corrected chi connectivity index (χ1v) is 6.67. The number of hydrogen-bond donors (Lipinski definition) is 1. The molecule has 1 heterocycles. The highest BCUT2D eigenvalue weighted by Crippen LogP contribution is 2.10. The van der Waals surface area contributed by atoms with Crippen molar-refractivity contribution < 1.29 is 9.15 Å². The van der Waals surface area contributed by atoms with Gasteiger partial charge in [0.2, 0.25) is 0 Å². The Kier molecular flexibility index (Phi) is 7.01. The molecule has 0 aliphatic carbocycles. The fraction of sp³-hybridized carbons (Fsp3) is 0.714. The molecule has 0 aliphatic heterocycles. The number of ether oxygens (including phenoxy) is 1. The summed E-state index contributed by atoms with van der Waals surface area (Å²) in [6, 6.07) is 2.62. The van der Waals surface area contributed by atoms with Gasteiger partial charge in [-0.05, 0) is 20.0 Å². The van der Waals surface area contributed by atoms with Gasteiger partial charge in [0.05, 0.1) is 19.4 Å². The fourth-order valence-electron chi connectivity index (χ4n) is 1.63. The summed E-state index contributed by atoms with van der Waals surface area (Å²) in [6.45, 7) is 10.5. The lowest BCUT2D eigenvalue weighted by atomic mass is 10.3. The second kappa shape index (κ2) is 8.29. The molecule has 0 amide bonds. The number of likely N-dealkylation sites (N-methyl/N-ethyl adjacent to an activating group) is 1. The van der Waals surface area contributed by atoms with Crippen LogP contribution in [-0.4, -0.2) is 37.7 Å². The van der Waals surface area contributed by atoms with Gasteiger partial charge in [-0.15, -0.1) is 0 Å². The summed E-state index contributed by atoms with van der Waals surface area (Å²) in [4.78, 5) is 2.20. The quantitative estimate of drug-likeness (QED) is 0.686. The van der Waals surface area contributed by atoms with Gasteiger partial charge in [0.15, 0.2) is 0 Å². The normalized spacial score (nSPS) is 11.7. The van der Waals surface area contributed by atoms with Crippen LogP contribution in [0, 0.1) is 0 Å². The highest BCUT2D eigenvalue weighted by molar-refractivity contribution is 5.12. The molecule has 0 radical (unpaired) electrons. The minimum Gasteiger partial charge on any atom is -0.468 e.